The Kier molecular flexibility index (Phi) is 27.4. The van der Waals surface area contributed by atoms with Gasteiger partial charge in [-0.05, 0) is 70.8 Å². The van der Waals surface area contributed by atoms with Crippen molar-refractivity contribution in [3.05, 3.63) is 188 Å². The maximum absolute atomic E-state index is 5.78. The van der Waals surface area contributed by atoms with Gasteiger partial charge in [-0.3, -0.25) is 0 Å². The van der Waals surface area contributed by atoms with E-state index in [1.165, 1.54) is 0 Å². The molecule has 0 fully saturated rings. The van der Waals surface area contributed by atoms with Gasteiger partial charge in [0.1, 0.15) is 23.0 Å². The Bertz CT molecular complexity index is 2600. The Morgan fingerprint density at radius 2 is 0.500 bits per heavy atom. The third kappa shape index (κ3) is 20.7. The van der Waals surface area contributed by atoms with Crippen LogP contribution in [0.1, 0.15) is 66.8 Å². The molecule has 0 aliphatic carbocycles. The average molecular weight is 1060 g/mol. The predicted molar refractivity (Wildman–Crippen MR) is 306 cm³/mol. The van der Waals surface area contributed by atoms with Crippen molar-refractivity contribution < 1.29 is 48.8 Å². The van der Waals surface area contributed by atoms with Crippen LogP contribution >= 0.6 is 0 Å². The van der Waals surface area contributed by atoms with Gasteiger partial charge in [-0.15, -0.1) is 0 Å². The summed E-state index contributed by atoms with van der Waals surface area (Å²) in [4.78, 5) is 0. The van der Waals surface area contributed by atoms with Gasteiger partial charge >= 0.3 is 0 Å². The lowest BCUT2D eigenvalue weighted by molar-refractivity contribution is 0.0498. The van der Waals surface area contributed by atoms with Gasteiger partial charge in [0.2, 0.25) is 0 Å². The number of benzene rings is 6. The van der Waals surface area contributed by atoms with E-state index in [-0.39, 0.29) is 11.0 Å². The van der Waals surface area contributed by atoms with E-state index in [1.807, 2.05) is 72.8 Å². The summed E-state index contributed by atoms with van der Waals surface area (Å²) in [5.41, 5.74) is 11.1. The highest BCUT2D eigenvalue weighted by Gasteiger charge is 2.11. The predicted octanol–water partition coefficient (Wildman–Crippen LogP) is 5.81. The van der Waals surface area contributed by atoms with E-state index in [2.05, 4.69) is 117 Å². The van der Waals surface area contributed by atoms with Crippen LogP contribution in [0.5, 0.6) is 23.0 Å². The van der Waals surface area contributed by atoms with E-state index in [4.69, 9.17) is 37.9 Å². The summed E-state index contributed by atoms with van der Waals surface area (Å²) in [7, 11) is 6.54. The van der Waals surface area contributed by atoms with Crippen molar-refractivity contribution in [1.29, 1.82) is 0 Å². The van der Waals surface area contributed by atoms with Crippen molar-refractivity contribution in [2.75, 3.05) is 107 Å². The summed E-state index contributed by atoms with van der Waals surface area (Å²) in [6.45, 7) is 10.3. The van der Waals surface area contributed by atoms with Crippen molar-refractivity contribution in [2.24, 2.45) is 0 Å². The van der Waals surface area contributed by atoms with Crippen LogP contribution in [-0.2, 0) is 45.1 Å². The van der Waals surface area contributed by atoms with Gasteiger partial charge in [0.05, 0.1) is 104 Å². The van der Waals surface area contributed by atoms with Crippen LogP contribution in [0.2, 0.25) is 0 Å². The van der Waals surface area contributed by atoms with Gasteiger partial charge in [-0.25, -0.2) is 0 Å². The van der Waals surface area contributed by atoms with Crippen molar-refractivity contribution in [1.82, 2.24) is 21.3 Å². The van der Waals surface area contributed by atoms with Crippen molar-refractivity contribution >= 4 is 0 Å². The smallest absolute Gasteiger partial charge is 0.136 e. The fourth-order valence-corrected chi connectivity index (χ4v) is 7.72. The number of rotatable bonds is 4. The highest BCUT2D eigenvalue weighted by molar-refractivity contribution is 5.62. The molecule has 14 nitrogen and oxygen atoms in total. The van der Waals surface area contributed by atoms with Gasteiger partial charge < -0.3 is 70.1 Å². The average Bonchev–Trinajstić information content (AvgIpc) is 3.47. The Labute approximate surface area is 460 Å². The summed E-state index contributed by atoms with van der Waals surface area (Å²) in [5, 5.41) is 13.8. The fourth-order valence-electron chi connectivity index (χ4n) is 7.72. The second-order valence-corrected chi connectivity index (χ2v) is 17.4. The van der Waals surface area contributed by atoms with Crippen LogP contribution in [-0.4, -0.2) is 118 Å². The second-order valence-electron chi connectivity index (χ2n) is 17.4. The van der Waals surface area contributed by atoms with Gasteiger partial charge in [-0.2, -0.15) is 0 Å². The molecule has 6 aromatic rings. The lowest BCUT2D eigenvalue weighted by atomic mass is 10.1. The Morgan fingerprint density at radius 1 is 0.295 bits per heavy atom. The van der Waals surface area contributed by atoms with E-state index >= 15 is 0 Å². The first kappa shape index (κ1) is 61.2. The second kappa shape index (κ2) is 34.9. The standard InChI is InChI=1S/C64H68N4O8.2H2O/c1-69-61-41-58-26-22-50-7-15-54(16-8-50)46-66-30-34-74-39-40-76-36-32-68-48-56-19-11-52(12-20-56)24-28-60-44-63(71-3)59(43-64(60)72-4)27-23-51-9-17-55(18-10-51)47-67-31-35-75-38-37-73-33-29-65-45-53-13-5-49(6-14-53)21-25-57(61)42-62(58)70-2;;/h5-20,41-44,65-68H,29-40,45-48H2,1-4H3;2*1H2. The van der Waals surface area contributed by atoms with Gasteiger partial charge in [-0.1, -0.05) is 95.9 Å². The zero-order chi connectivity index (χ0) is 52.8. The zero-order valence-corrected chi connectivity index (χ0v) is 45.1. The van der Waals surface area contributed by atoms with Gasteiger partial charge in [0.15, 0.2) is 0 Å². The van der Waals surface area contributed by atoms with E-state index < -0.39 is 0 Å². The largest absolute Gasteiger partial charge is 0.495 e. The van der Waals surface area contributed by atoms with E-state index in [0.717, 1.165) is 96.9 Å². The molecule has 0 saturated carbocycles. The van der Waals surface area contributed by atoms with Crippen LogP contribution in [0.15, 0.2) is 121 Å². The zero-order valence-electron chi connectivity index (χ0n) is 45.1. The minimum absolute atomic E-state index is 0. The quantitative estimate of drug-likeness (QED) is 0.156. The molecule has 16 heterocycles. The molecule has 6 aromatic carbocycles. The first-order valence-corrected chi connectivity index (χ1v) is 25.6. The monoisotopic (exact) mass is 1060 g/mol. The Balaban J connectivity index is 0.00000560. The molecular formula is C64H72N4O10. The third-order valence-electron chi connectivity index (χ3n) is 12.0. The maximum Gasteiger partial charge on any atom is 0.136 e. The Hall–Kier alpha value is -7.64. The summed E-state index contributed by atoms with van der Waals surface area (Å²) in [5.74, 6) is 28.6. The van der Waals surface area contributed by atoms with Crippen molar-refractivity contribution in [3.8, 4) is 70.4 Å². The molecular weight excluding hydrogens is 985 g/mol. The van der Waals surface area contributed by atoms with Crippen LogP contribution < -0.4 is 40.2 Å². The number of nitrogens with one attached hydrogen (secondary N) is 4. The normalized spacial score (nSPS) is 14.5. The van der Waals surface area contributed by atoms with Crippen LogP contribution in [0.25, 0.3) is 0 Å². The first-order chi connectivity index (χ1) is 37.5. The molecule has 0 saturated heterocycles. The van der Waals surface area contributed by atoms with Crippen LogP contribution in [0.3, 0.4) is 0 Å². The van der Waals surface area contributed by atoms with Gasteiger partial charge in [0.25, 0.3) is 0 Å². The lowest BCUT2D eigenvalue weighted by Crippen LogP contribution is -2.22. The third-order valence-corrected chi connectivity index (χ3v) is 12.0. The van der Waals surface area contributed by atoms with E-state index in [0.29, 0.717) is 98.1 Å². The fraction of sp³-hybridized carbons (Fsp3) is 0.312. The number of hydrogen-bond acceptors (Lipinski definition) is 12. The van der Waals surface area contributed by atoms with Crippen LogP contribution in [0, 0.1) is 47.4 Å². The van der Waals surface area contributed by atoms with E-state index in [1.54, 1.807) is 28.4 Å². The molecule has 0 atom stereocenters. The molecule has 0 radical (unpaired) electrons. The molecule has 16 aliphatic heterocycles. The molecule has 16 aliphatic rings. The topological polar surface area (TPSA) is 185 Å². The lowest BCUT2D eigenvalue weighted by Gasteiger charge is -2.09. The van der Waals surface area contributed by atoms with Crippen molar-refractivity contribution in [3.63, 3.8) is 0 Å². The van der Waals surface area contributed by atoms with Gasteiger partial charge in [0, 0.05) is 98.9 Å². The molecule has 8 N–H and O–H groups in total. The van der Waals surface area contributed by atoms with Crippen LogP contribution in [0.4, 0.5) is 0 Å². The summed E-state index contributed by atoms with van der Waals surface area (Å²) < 4.78 is 46.0. The first-order valence-electron chi connectivity index (χ1n) is 25.6. The molecule has 408 valence electrons. The molecule has 0 aromatic heterocycles. The molecule has 0 amide bonds. The number of ether oxygens (including phenoxy) is 8. The molecule has 78 heavy (non-hydrogen) atoms. The molecule has 12 bridgehead atoms. The van der Waals surface area contributed by atoms with E-state index in [9.17, 15) is 0 Å². The number of methoxy groups -OCH3 is 4. The van der Waals surface area contributed by atoms with Crippen molar-refractivity contribution in [2.45, 2.75) is 26.2 Å². The summed E-state index contributed by atoms with van der Waals surface area (Å²) in [6.07, 6.45) is 0. The minimum Gasteiger partial charge on any atom is -0.495 e. The Morgan fingerprint density at radius 3 is 0.692 bits per heavy atom. The minimum atomic E-state index is 0. The summed E-state index contributed by atoms with van der Waals surface area (Å²) >= 11 is 0. The molecule has 0 unspecified atom stereocenters. The molecule has 0 spiro atoms. The summed E-state index contributed by atoms with van der Waals surface area (Å²) in [6, 6.07) is 40.3. The SMILES string of the molecule is COc1cc2c(OC)cc1C#Cc1ccc(cc1)CNCCOCCOCCNCc1ccc(cc1)C#Cc1cc(OC)c(cc1OC)C#Cc1ccc(cc1)CNCCOCCOCCNCc1ccc(cc1)C#C2.O.O. The molecule has 14 heteroatoms. The molecule has 22 rings (SSSR count). The maximum atomic E-state index is 5.78. The highest BCUT2D eigenvalue weighted by Crippen LogP contribution is 2.29. The number of hydrogen-bond donors (Lipinski definition) is 4. The highest BCUT2D eigenvalue weighted by atomic mass is 16.5.